The van der Waals surface area contributed by atoms with E-state index in [-0.39, 0.29) is 5.92 Å². The lowest BCUT2D eigenvalue weighted by Crippen LogP contribution is -2.20. The molecule has 0 fully saturated rings. The van der Waals surface area contributed by atoms with Gasteiger partial charge in [0.1, 0.15) is 5.82 Å². The summed E-state index contributed by atoms with van der Waals surface area (Å²) in [5.41, 5.74) is -0.233. The Bertz CT molecular complexity index is 651. The van der Waals surface area contributed by atoms with Crippen molar-refractivity contribution < 1.29 is 13.2 Å². The Morgan fingerprint density at radius 2 is 2.05 bits per heavy atom. The maximum Gasteiger partial charge on any atom is 0.416 e. The van der Waals surface area contributed by atoms with Gasteiger partial charge in [0.05, 0.1) is 5.56 Å². The molecule has 21 heavy (non-hydrogen) atoms. The van der Waals surface area contributed by atoms with E-state index in [1.807, 2.05) is 0 Å². The lowest BCUT2D eigenvalue weighted by Gasteiger charge is -2.23. The van der Waals surface area contributed by atoms with Crippen LogP contribution in [-0.2, 0) is 19.1 Å². The minimum atomic E-state index is -4.32. The highest BCUT2D eigenvalue weighted by Gasteiger charge is 2.34. The number of nitrogens with zero attached hydrogens (tertiary/aromatic N) is 3. The van der Waals surface area contributed by atoms with Gasteiger partial charge in [0, 0.05) is 12.5 Å². The first-order chi connectivity index (χ1) is 9.95. The van der Waals surface area contributed by atoms with E-state index < -0.39 is 11.7 Å². The highest BCUT2D eigenvalue weighted by molar-refractivity contribution is 9.10. The van der Waals surface area contributed by atoms with E-state index in [1.54, 1.807) is 16.8 Å². The van der Waals surface area contributed by atoms with Gasteiger partial charge in [0.15, 0.2) is 0 Å². The molecule has 0 aliphatic carbocycles. The van der Waals surface area contributed by atoms with Crippen LogP contribution in [0.15, 0.2) is 29.0 Å². The Kier molecular flexibility index (Phi) is 3.77. The Morgan fingerprint density at radius 3 is 2.81 bits per heavy atom. The molecule has 0 N–H and O–H groups in total. The van der Waals surface area contributed by atoms with Gasteiger partial charge in [-0.1, -0.05) is 18.2 Å². The molecule has 1 aliphatic rings. The van der Waals surface area contributed by atoms with Gasteiger partial charge < -0.3 is 0 Å². The summed E-state index contributed by atoms with van der Waals surface area (Å²) in [5.74, 6) is 0.742. The van der Waals surface area contributed by atoms with Crippen LogP contribution in [0.2, 0.25) is 0 Å². The van der Waals surface area contributed by atoms with Crippen LogP contribution in [0.5, 0.6) is 0 Å². The van der Waals surface area contributed by atoms with Crippen molar-refractivity contribution in [3.8, 4) is 0 Å². The normalized spacial score (nSPS) is 18.6. The summed E-state index contributed by atoms with van der Waals surface area (Å²) in [7, 11) is 0. The van der Waals surface area contributed by atoms with Gasteiger partial charge in [0.25, 0.3) is 0 Å². The van der Waals surface area contributed by atoms with Crippen LogP contribution in [0.1, 0.15) is 35.7 Å². The molecule has 3 nitrogen and oxygen atoms in total. The summed E-state index contributed by atoms with van der Waals surface area (Å²) in [6.07, 6.45) is -2.25. The van der Waals surface area contributed by atoms with Crippen molar-refractivity contribution in [1.82, 2.24) is 14.8 Å². The van der Waals surface area contributed by atoms with Crippen LogP contribution in [-0.4, -0.2) is 14.8 Å². The first-order valence-electron chi connectivity index (χ1n) is 6.70. The van der Waals surface area contributed by atoms with Crippen LogP contribution in [0, 0.1) is 0 Å². The van der Waals surface area contributed by atoms with Crippen LogP contribution >= 0.6 is 15.9 Å². The lowest BCUT2D eigenvalue weighted by molar-refractivity contribution is -0.138. The van der Waals surface area contributed by atoms with Gasteiger partial charge in [0.2, 0.25) is 4.73 Å². The third-order valence-corrected chi connectivity index (χ3v) is 4.09. The van der Waals surface area contributed by atoms with Crippen molar-refractivity contribution in [3.63, 3.8) is 0 Å². The zero-order chi connectivity index (χ0) is 15.0. The number of rotatable bonds is 2. The highest BCUT2D eigenvalue weighted by Crippen LogP contribution is 2.36. The molecular weight excluding hydrogens is 347 g/mol. The molecule has 112 valence electrons. The van der Waals surface area contributed by atoms with E-state index in [1.165, 1.54) is 6.07 Å². The number of hydrogen-bond donors (Lipinski definition) is 0. The van der Waals surface area contributed by atoms with E-state index in [2.05, 4.69) is 26.0 Å². The molecule has 7 heteroatoms. The Labute approximate surface area is 128 Å². The number of halogens is 4. The summed E-state index contributed by atoms with van der Waals surface area (Å²) >= 11 is 3.23. The predicted octanol–water partition coefficient (Wildman–Crippen LogP) is 4.18. The van der Waals surface area contributed by atoms with Crippen LogP contribution in [0.25, 0.3) is 0 Å². The van der Waals surface area contributed by atoms with E-state index in [4.69, 9.17) is 0 Å². The number of aryl methyl sites for hydroxylation is 1. The van der Waals surface area contributed by atoms with Crippen molar-refractivity contribution in [3.05, 3.63) is 46.0 Å². The fourth-order valence-electron chi connectivity index (χ4n) is 2.84. The van der Waals surface area contributed by atoms with Crippen LogP contribution < -0.4 is 0 Å². The third-order valence-electron chi connectivity index (χ3n) is 3.75. The molecule has 0 amide bonds. The largest absolute Gasteiger partial charge is 0.416 e. The zero-order valence-corrected chi connectivity index (χ0v) is 12.7. The summed E-state index contributed by atoms with van der Waals surface area (Å²) in [6, 6.07) is 5.76. The molecule has 2 heterocycles. The maximum absolute atomic E-state index is 13.1. The summed E-state index contributed by atoms with van der Waals surface area (Å²) in [4.78, 5) is 4.31. The molecule has 1 aromatic heterocycles. The number of alkyl halides is 3. The molecule has 0 radical (unpaired) electrons. The van der Waals surface area contributed by atoms with Gasteiger partial charge in [-0.25, -0.2) is 9.67 Å². The molecule has 0 spiro atoms. The molecular formula is C14H13BrF3N3. The Hall–Kier alpha value is -1.37. The summed E-state index contributed by atoms with van der Waals surface area (Å²) in [6.45, 7) is 0.769. The molecule has 1 unspecified atom stereocenters. The SMILES string of the molecule is FC(F)(F)c1ccccc1CC1CCCn2nc(Br)nc21. The van der Waals surface area contributed by atoms with Gasteiger partial charge in [-0.2, -0.15) is 13.2 Å². The lowest BCUT2D eigenvalue weighted by atomic mass is 9.89. The van der Waals surface area contributed by atoms with Crippen molar-refractivity contribution >= 4 is 15.9 Å². The van der Waals surface area contributed by atoms with Gasteiger partial charge in [-0.15, -0.1) is 5.10 Å². The minimum absolute atomic E-state index is 0.0268. The average molecular weight is 360 g/mol. The quantitative estimate of drug-likeness (QED) is 0.805. The molecule has 1 aliphatic heterocycles. The molecule has 3 rings (SSSR count). The second-order valence-corrected chi connectivity index (χ2v) is 5.87. The zero-order valence-electron chi connectivity index (χ0n) is 11.1. The van der Waals surface area contributed by atoms with E-state index in [9.17, 15) is 13.2 Å². The standard InChI is InChI=1S/C14H13BrF3N3/c15-13-19-12-10(5-3-7-21(12)20-13)8-9-4-1-2-6-11(9)14(16,17)18/h1-2,4,6,10H,3,5,7-8H2. The van der Waals surface area contributed by atoms with E-state index in [0.29, 0.717) is 16.7 Å². The first kappa shape index (κ1) is 14.6. The van der Waals surface area contributed by atoms with Crippen molar-refractivity contribution in [2.45, 2.75) is 37.9 Å². The fraction of sp³-hybridized carbons (Fsp3) is 0.429. The molecule has 2 aromatic rings. The monoisotopic (exact) mass is 359 g/mol. The summed E-state index contributed by atoms with van der Waals surface area (Å²) < 4.78 is 41.5. The molecule has 0 bridgehead atoms. The Balaban J connectivity index is 1.92. The summed E-state index contributed by atoms with van der Waals surface area (Å²) in [5, 5.41) is 4.21. The molecule has 0 saturated heterocycles. The molecule has 1 atom stereocenters. The number of hydrogen-bond acceptors (Lipinski definition) is 2. The topological polar surface area (TPSA) is 30.7 Å². The van der Waals surface area contributed by atoms with E-state index >= 15 is 0 Å². The number of benzene rings is 1. The predicted molar refractivity (Wildman–Crippen MR) is 74.8 cm³/mol. The van der Waals surface area contributed by atoms with Crippen LogP contribution in [0.4, 0.5) is 13.2 Å². The van der Waals surface area contributed by atoms with Crippen LogP contribution in [0.3, 0.4) is 0 Å². The van der Waals surface area contributed by atoms with Crippen molar-refractivity contribution in [2.75, 3.05) is 0 Å². The number of aromatic nitrogens is 3. The van der Waals surface area contributed by atoms with Gasteiger partial charge in [-0.3, -0.25) is 0 Å². The minimum Gasteiger partial charge on any atom is -0.249 e. The smallest absolute Gasteiger partial charge is 0.249 e. The van der Waals surface area contributed by atoms with Gasteiger partial charge >= 0.3 is 6.18 Å². The second-order valence-electron chi connectivity index (χ2n) is 5.16. The molecule has 0 saturated carbocycles. The average Bonchev–Trinajstić information content (AvgIpc) is 2.79. The van der Waals surface area contributed by atoms with Gasteiger partial charge in [-0.05, 0) is 46.8 Å². The maximum atomic E-state index is 13.1. The second kappa shape index (κ2) is 5.44. The Morgan fingerprint density at radius 1 is 1.29 bits per heavy atom. The van der Waals surface area contributed by atoms with Crippen molar-refractivity contribution in [1.29, 1.82) is 0 Å². The third kappa shape index (κ3) is 2.97. The fourth-order valence-corrected chi connectivity index (χ4v) is 3.22. The van der Waals surface area contributed by atoms with Crippen molar-refractivity contribution in [2.24, 2.45) is 0 Å². The molecule has 1 aromatic carbocycles. The number of fused-ring (bicyclic) bond motifs is 1. The highest BCUT2D eigenvalue weighted by atomic mass is 79.9. The first-order valence-corrected chi connectivity index (χ1v) is 7.50. The van der Waals surface area contributed by atoms with E-state index in [0.717, 1.165) is 31.3 Å².